The van der Waals surface area contributed by atoms with E-state index < -0.39 is 0 Å². The van der Waals surface area contributed by atoms with Gasteiger partial charge in [-0.2, -0.15) is 0 Å². The number of hydrogen-bond acceptors (Lipinski definition) is 3. The topological polar surface area (TPSA) is 24.9 Å². The van der Waals surface area contributed by atoms with E-state index in [2.05, 4.69) is 29.4 Å². The molecule has 90 valence electrons. The van der Waals surface area contributed by atoms with E-state index in [0.717, 1.165) is 17.1 Å². The van der Waals surface area contributed by atoms with Crippen LogP contribution in [0.2, 0.25) is 5.02 Å². The van der Waals surface area contributed by atoms with Crippen molar-refractivity contribution in [2.45, 2.75) is 19.9 Å². The minimum Gasteiger partial charge on any atom is -0.306 e. The van der Waals surface area contributed by atoms with Crippen molar-refractivity contribution in [3.05, 3.63) is 50.9 Å². The highest BCUT2D eigenvalue weighted by Crippen LogP contribution is 2.28. The first-order valence-electron chi connectivity index (χ1n) is 5.60. The summed E-state index contributed by atoms with van der Waals surface area (Å²) in [6, 6.07) is 6.40. The number of hydrogen-bond donors (Lipinski definition) is 1. The highest BCUT2D eigenvalue weighted by molar-refractivity contribution is 7.09. The Kier molecular flexibility index (Phi) is 4.15. The van der Waals surface area contributed by atoms with E-state index in [9.17, 15) is 0 Å². The summed E-state index contributed by atoms with van der Waals surface area (Å²) in [7, 11) is 0. The number of halogens is 1. The standard InChI is InChI=1S/C13H15ClN2S/c1-3-16-13(12-7-15-8-17-12)10-5-4-9(2)11(14)6-10/h4-8,13,16H,3H2,1-2H3. The van der Waals surface area contributed by atoms with Gasteiger partial charge in [-0.15, -0.1) is 11.3 Å². The van der Waals surface area contributed by atoms with Gasteiger partial charge in [-0.25, -0.2) is 0 Å². The molecule has 2 nitrogen and oxygen atoms in total. The molecule has 1 aromatic carbocycles. The van der Waals surface area contributed by atoms with Crippen molar-refractivity contribution in [1.29, 1.82) is 0 Å². The second kappa shape index (κ2) is 5.63. The molecule has 17 heavy (non-hydrogen) atoms. The minimum atomic E-state index is 0.186. The van der Waals surface area contributed by atoms with Crippen LogP contribution in [0, 0.1) is 6.92 Å². The van der Waals surface area contributed by atoms with Crippen molar-refractivity contribution in [2.24, 2.45) is 0 Å². The Balaban J connectivity index is 2.35. The summed E-state index contributed by atoms with van der Waals surface area (Å²) >= 11 is 7.84. The van der Waals surface area contributed by atoms with E-state index >= 15 is 0 Å². The third-order valence-electron chi connectivity index (χ3n) is 2.67. The second-order valence-electron chi connectivity index (χ2n) is 3.90. The molecule has 0 spiro atoms. The van der Waals surface area contributed by atoms with Gasteiger partial charge < -0.3 is 5.32 Å². The summed E-state index contributed by atoms with van der Waals surface area (Å²) in [6.07, 6.45) is 1.91. The molecule has 0 fully saturated rings. The quantitative estimate of drug-likeness (QED) is 0.910. The summed E-state index contributed by atoms with van der Waals surface area (Å²) in [6.45, 7) is 5.03. The van der Waals surface area contributed by atoms with Gasteiger partial charge in [0.25, 0.3) is 0 Å². The number of aryl methyl sites for hydroxylation is 1. The number of benzene rings is 1. The highest BCUT2D eigenvalue weighted by atomic mass is 35.5. The zero-order chi connectivity index (χ0) is 12.3. The van der Waals surface area contributed by atoms with E-state index in [4.69, 9.17) is 11.6 Å². The second-order valence-corrected chi connectivity index (χ2v) is 5.23. The predicted octanol–water partition coefficient (Wildman–Crippen LogP) is 3.80. The van der Waals surface area contributed by atoms with Gasteiger partial charge in [0, 0.05) is 16.1 Å². The first kappa shape index (κ1) is 12.6. The molecule has 0 aliphatic heterocycles. The van der Waals surface area contributed by atoms with Crippen LogP contribution in [0.3, 0.4) is 0 Å². The molecule has 2 rings (SSSR count). The average molecular weight is 267 g/mol. The Labute approximate surface area is 111 Å². The predicted molar refractivity (Wildman–Crippen MR) is 73.8 cm³/mol. The molecule has 0 amide bonds. The lowest BCUT2D eigenvalue weighted by atomic mass is 10.0. The molecule has 0 bridgehead atoms. The SMILES string of the molecule is CCNC(c1ccc(C)c(Cl)c1)c1cncs1. The Morgan fingerprint density at radius 1 is 1.47 bits per heavy atom. The number of rotatable bonds is 4. The maximum atomic E-state index is 6.18. The van der Waals surface area contributed by atoms with E-state index in [-0.39, 0.29) is 6.04 Å². The number of nitrogens with one attached hydrogen (secondary N) is 1. The van der Waals surface area contributed by atoms with Gasteiger partial charge in [0.2, 0.25) is 0 Å². The van der Waals surface area contributed by atoms with E-state index in [1.54, 1.807) is 11.3 Å². The molecule has 0 radical (unpaired) electrons. The maximum absolute atomic E-state index is 6.18. The van der Waals surface area contributed by atoms with Gasteiger partial charge in [-0.1, -0.05) is 30.7 Å². The lowest BCUT2D eigenvalue weighted by Crippen LogP contribution is -2.21. The molecule has 1 atom stereocenters. The molecule has 1 aromatic heterocycles. The third-order valence-corrected chi connectivity index (χ3v) is 3.92. The van der Waals surface area contributed by atoms with Crippen molar-refractivity contribution in [3.63, 3.8) is 0 Å². The van der Waals surface area contributed by atoms with Crippen molar-refractivity contribution in [2.75, 3.05) is 6.54 Å². The van der Waals surface area contributed by atoms with Gasteiger partial charge in [-0.3, -0.25) is 4.98 Å². The van der Waals surface area contributed by atoms with Crippen LogP contribution in [0.5, 0.6) is 0 Å². The van der Waals surface area contributed by atoms with Crippen LogP contribution in [0.4, 0.5) is 0 Å². The molecule has 1 unspecified atom stereocenters. The van der Waals surface area contributed by atoms with Crippen LogP contribution in [0.25, 0.3) is 0 Å². The lowest BCUT2D eigenvalue weighted by molar-refractivity contribution is 0.638. The van der Waals surface area contributed by atoms with E-state index in [1.165, 1.54) is 10.4 Å². The Bertz CT molecular complexity index is 482. The average Bonchev–Trinajstić information content (AvgIpc) is 2.83. The monoisotopic (exact) mass is 266 g/mol. The zero-order valence-corrected chi connectivity index (χ0v) is 11.5. The molecular weight excluding hydrogens is 252 g/mol. The molecule has 4 heteroatoms. The Morgan fingerprint density at radius 3 is 2.88 bits per heavy atom. The summed E-state index contributed by atoms with van der Waals surface area (Å²) < 4.78 is 0. The fourth-order valence-corrected chi connectivity index (χ4v) is 2.65. The lowest BCUT2D eigenvalue weighted by Gasteiger charge is -2.17. The smallest absolute Gasteiger partial charge is 0.0794 e. The highest BCUT2D eigenvalue weighted by Gasteiger charge is 2.15. The van der Waals surface area contributed by atoms with Gasteiger partial charge >= 0.3 is 0 Å². The zero-order valence-electron chi connectivity index (χ0n) is 9.90. The number of aromatic nitrogens is 1. The molecule has 0 saturated heterocycles. The van der Waals surface area contributed by atoms with Crippen LogP contribution >= 0.6 is 22.9 Å². The van der Waals surface area contributed by atoms with E-state index in [0.29, 0.717) is 0 Å². The first-order chi connectivity index (χ1) is 8.22. The fraction of sp³-hybridized carbons (Fsp3) is 0.308. The van der Waals surface area contributed by atoms with Gasteiger partial charge in [-0.05, 0) is 30.7 Å². The van der Waals surface area contributed by atoms with Crippen molar-refractivity contribution >= 4 is 22.9 Å². The number of nitrogens with zero attached hydrogens (tertiary/aromatic N) is 1. The largest absolute Gasteiger partial charge is 0.306 e. The molecule has 1 N–H and O–H groups in total. The van der Waals surface area contributed by atoms with E-state index in [1.807, 2.05) is 24.7 Å². The third kappa shape index (κ3) is 2.86. The van der Waals surface area contributed by atoms with Crippen LogP contribution < -0.4 is 5.32 Å². The molecule has 2 aromatic rings. The summed E-state index contributed by atoms with van der Waals surface area (Å²) in [4.78, 5) is 5.35. The molecule has 0 aliphatic carbocycles. The van der Waals surface area contributed by atoms with Crippen molar-refractivity contribution in [1.82, 2.24) is 10.3 Å². The molecular formula is C13H15ClN2S. The van der Waals surface area contributed by atoms with Gasteiger partial charge in [0.15, 0.2) is 0 Å². The Morgan fingerprint density at radius 2 is 2.29 bits per heavy atom. The normalized spacial score (nSPS) is 12.6. The fourth-order valence-electron chi connectivity index (χ4n) is 1.74. The summed E-state index contributed by atoms with van der Waals surface area (Å²) in [5.41, 5.74) is 4.15. The summed E-state index contributed by atoms with van der Waals surface area (Å²) in [5, 5.41) is 4.27. The molecule has 0 saturated carbocycles. The van der Waals surface area contributed by atoms with Crippen LogP contribution in [-0.4, -0.2) is 11.5 Å². The van der Waals surface area contributed by atoms with Gasteiger partial charge in [0.05, 0.1) is 11.6 Å². The Hall–Kier alpha value is -0.900. The van der Waals surface area contributed by atoms with Crippen molar-refractivity contribution in [3.8, 4) is 0 Å². The number of thiazole rings is 1. The van der Waals surface area contributed by atoms with Crippen LogP contribution in [0.15, 0.2) is 29.9 Å². The molecule has 1 heterocycles. The van der Waals surface area contributed by atoms with Crippen LogP contribution in [0.1, 0.15) is 29.0 Å². The summed E-state index contributed by atoms with van der Waals surface area (Å²) in [5.74, 6) is 0. The van der Waals surface area contributed by atoms with Crippen molar-refractivity contribution < 1.29 is 0 Å². The molecule has 0 aliphatic rings. The first-order valence-corrected chi connectivity index (χ1v) is 6.86. The van der Waals surface area contributed by atoms with Crippen LogP contribution in [-0.2, 0) is 0 Å². The van der Waals surface area contributed by atoms with Gasteiger partial charge in [0.1, 0.15) is 0 Å². The maximum Gasteiger partial charge on any atom is 0.0794 e. The minimum absolute atomic E-state index is 0.186.